The van der Waals surface area contributed by atoms with Crippen LogP contribution in [0.3, 0.4) is 0 Å². The molecule has 0 saturated heterocycles. The maximum Gasteiger partial charge on any atom is 0.223 e. The monoisotopic (exact) mass is 319 g/mol. The van der Waals surface area contributed by atoms with Crippen molar-refractivity contribution in [3.8, 4) is 11.1 Å². The minimum absolute atomic E-state index is 0.148. The van der Waals surface area contributed by atoms with Crippen LogP contribution in [-0.2, 0) is 0 Å². The third-order valence-corrected chi connectivity index (χ3v) is 4.73. The first-order valence-corrected chi connectivity index (χ1v) is 8.55. The molecular weight excluding hydrogens is 298 g/mol. The quantitative estimate of drug-likeness (QED) is 0.766. The number of aliphatic hydroxyl groups is 1. The highest BCUT2D eigenvalue weighted by atomic mass is 16.3. The third kappa shape index (κ3) is 3.10. The second-order valence-electron chi connectivity index (χ2n) is 6.45. The van der Waals surface area contributed by atoms with Crippen LogP contribution in [0.4, 0.5) is 5.95 Å². The fraction of sp³-hybridized carbons (Fsp3) is 0.300. The van der Waals surface area contributed by atoms with E-state index in [0.717, 1.165) is 47.7 Å². The van der Waals surface area contributed by atoms with Crippen LogP contribution in [0.15, 0.2) is 54.7 Å². The number of fused-ring (bicyclic) bond motifs is 1. The summed E-state index contributed by atoms with van der Waals surface area (Å²) in [7, 11) is 0. The lowest BCUT2D eigenvalue weighted by atomic mass is 9.93. The van der Waals surface area contributed by atoms with E-state index in [1.807, 2.05) is 36.5 Å². The Morgan fingerprint density at radius 2 is 1.71 bits per heavy atom. The number of nitrogens with zero attached hydrogens (tertiary/aromatic N) is 2. The molecule has 0 atom stereocenters. The van der Waals surface area contributed by atoms with Gasteiger partial charge in [-0.1, -0.05) is 48.5 Å². The zero-order chi connectivity index (χ0) is 16.4. The minimum atomic E-state index is -0.148. The van der Waals surface area contributed by atoms with E-state index < -0.39 is 0 Å². The summed E-state index contributed by atoms with van der Waals surface area (Å²) in [5.74, 6) is 0.673. The summed E-state index contributed by atoms with van der Waals surface area (Å²) in [5, 5.41) is 14.1. The number of aromatic nitrogens is 2. The molecular formula is C20H21N3O. The van der Waals surface area contributed by atoms with Crippen LogP contribution >= 0.6 is 0 Å². The molecule has 0 aliphatic heterocycles. The Balaban J connectivity index is 1.67. The van der Waals surface area contributed by atoms with Crippen LogP contribution in [0.5, 0.6) is 0 Å². The normalized spacial score (nSPS) is 20.9. The van der Waals surface area contributed by atoms with E-state index in [0.29, 0.717) is 12.0 Å². The Hall–Kier alpha value is -2.46. The van der Waals surface area contributed by atoms with Crippen molar-refractivity contribution in [1.82, 2.24) is 9.97 Å². The summed E-state index contributed by atoms with van der Waals surface area (Å²) >= 11 is 0. The molecule has 2 N–H and O–H groups in total. The number of aliphatic hydroxyl groups excluding tert-OH is 1. The van der Waals surface area contributed by atoms with Gasteiger partial charge in [-0.15, -0.1) is 0 Å². The molecule has 2 aromatic carbocycles. The average molecular weight is 319 g/mol. The largest absolute Gasteiger partial charge is 0.393 e. The van der Waals surface area contributed by atoms with E-state index in [1.165, 1.54) is 0 Å². The van der Waals surface area contributed by atoms with E-state index in [9.17, 15) is 5.11 Å². The van der Waals surface area contributed by atoms with Crippen molar-refractivity contribution in [3.63, 3.8) is 0 Å². The summed E-state index contributed by atoms with van der Waals surface area (Å²) in [6, 6.07) is 16.9. The number of benzene rings is 2. The minimum Gasteiger partial charge on any atom is -0.393 e. The Labute approximate surface area is 141 Å². The number of rotatable bonds is 3. The zero-order valence-electron chi connectivity index (χ0n) is 13.5. The van der Waals surface area contributed by atoms with Gasteiger partial charge in [-0.2, -0.15) is 0 Å². The molecule has 1 aromatic heterocycles. The Bertz CT molecular complexity index is 827. The van der Waals surface area contributed by atoms with Crippen molar-refractivity contribution in [3.05, 3.63) is 54.7 Å². The predicted octanol–water partition coefficient (Wildman–Crippen LogP) is 4.01. The second kappa shape index (κ2) is 6.57. The maximum atomic E-state index is 9.64. The fourth-order valence-corrected chi connectivity index (χ4v) is 3.38. The van der Waals surface area contributed by atoms with Gasteiger partial charge < -0.3 is 10.4 Å². The Morgan fingerprint density at radius 1 is 0.917 bits per heavy atom. The number of hydrogen-bond donors (Lipinski definition) is 2. The van der Waals surface area contributed by atoms with Gasteiger partial charge in [0.2, 0.25) is 5.95 Å². The second-order valence-corrected chi connectivity index (χ2v) is 6.45. The predicted molar refractivity (Wildman–Crippen MR) is 96.9 cm³/mol. The smallest absolute Gasteiger partial charge is 0.223 e. The van der Waals surface area contributed by atoms with Gasteiger partial charge in [-0.3, -0.25) is 0 Å². The van der Waals surface area contributed by atoms with Crippen molar-refractivity contribution in [2.45, 2.75) is 37.8 Å². The van der Waals surface area contributed by atoms with Crippen molar-refractivity contribution in [1.29, 1.82) is 0 Å². The molecule has 122 valence electrons. The number of para-hydroxylation sites is 1. The van der Waals surface area contributed by atoms with Gasteiger partial charge in [0.25, 0.3) is 0 Å². The highest BCUT2D eigenvalue weighted by Gasteiger charge is 2.20. The number of nitrogens with one attached hydrogen (secondary N) is 1. The molecule has 3 aromatic rings. The van der Waals surface area contributed by atoms with Crippen molar-refractivity contribution in [2.75, 3.05) is 5.32 Å². The molecule has 0 bridgehead atoms. The van der Waals surface area contributed by atoms with E-state index in [2.05, 4.69) is 28.5 Å². The number of hydrogen-bond acceptors (Lipinski definition) is 4. The molecule has 0 amide bonds. The standard InChI is InChI=1S/C20H21N3O/c24-17-11-9-16(10-12-17)22-20-21-13-15-7-4-8-18(19(15)23-20)14-5-2-1-3-6-14/h1-8,13,16-17,24H,9-12H2,(H,21,22,23). The lowest BCUT2D eigenvalue weighted by Crippen LogP contribution is -2.28. The molecule has 4 heteroatoms. The van der Waals surface area contributed by atoms with Gasteiger partial charge in [0, 0.05) is 23.2 Å². The molecule has 4 nitrogen and oxygen atoms in total. The third-order valence-electron chi connectivity index (χ3n) is 4.73. The van der Waals surface area contributed by atoms with Gasteiger partial charge in [-0.25, -0.2) is 9.97 Å². The molecule has 1 saturated carbocycles. The summed E-state index contributed by atoms with van der Waals surface area (Å²) in [5.41, 5.74) is 3.25. The molecule has 0 radical (unpaired) electrons. The van der Waals surface area contributed by atoms with Crippen LogP contribution in [0.1, 0.15) is 25.7 Å². The van der Waals surface area contributed by atoms with E-state index in [4.69, 9.17) is 4.98 Å². The lowest BCUT2D eigenvalue weighted by Gasteiger charge is -2.26. The first kappa shape index (κ1) is 15.1. The first-order valence-electron chi connectivity index (χ1n) is 8.55. The van der Waals surface area contributed by atoms with Gasteiger partial charge in [0.1, 0.15) is 0 Å². The van der Waals surface area contributed by atoms with Crippen LogP contribution in [0.2, 0.25) is 0 Å². The van der Waals surface area contributed by atoms with E-state index >= 15 is 0 Å². The summed E-state index contributed by atoms with van der Waals surface area (Å²) in [6.45, 7) is 0. The molecule has 1 fully saturated rings. The molecule has 0 unspecified atom stereocenters. The molecule has 1 aliphatic carbocycles. The van der Waals surface area contributed by atoms with Crippen LogP contribution in [-0.4, -0.2) is 27.2 Å². The Morgan fingerprint density at radius 3 is 2.50 bits per heavy atom. The van der Waals surface area contributed by atoms with Gasteiger partial charge in [0.05, 0.1) is 11.6 Å². The van der Waals surface area contributed by atoms with Crippen LogP contribution in [0, 0.1) is 0 Å². The maximum absolute atomic E-state index is 9.64. The summed E-state index contributed by atoms with van der Waals surface area (Å²) in [4.78, 5) is 9.25. The summed E-state index contributed by atoms with van der Waals surface area (Å²) < 4.78 is 0. The lowest BCUT2D eigenvalue weighted by molar-refractivity contribution is 0.126. The highest BCUT2D eigenvalue weighted by Crippen LogP contribution is 2.28. The van der Waals surface area contributed by atoms with Crippen LogP contribution in [0.25, 0.3) is 22.0 Å². The fourth-order valence-electron chi connectivity index (χ4n) is 3.38. The first-order chi connectivity index (χ1) is 11.8. The molecule has 1 aliphatic rings. The molecule has 24 heavy (non-hydrogen) atoms. The number of anilines is 1. The van der Waals surface area contributed by atoms with Gasteiger partial charge in [0.15, 0.2) is 0 Å². The highest BCUT2D eigenvalue weighted by molar-refractivity contribution is 5.93. The SMILES string of the molecule is OC1CCC(Nc2ncc3cccc(-c4ccccc4)c3n2)CC1. The Kier molecular flexibility index (Phi) is 4.13. The van der Waals surface area contributed by atoms with Crippen molar-refractivity contribution in [2.24, 2.45) is 0 Å². The van der Waals surface area contributed by atoms with E-state index in [1.54, 1.807) is 0 Å². The van der Waals surface area contributed by atoms with Gasteiger partial charge in [-0.05, 0) is 31.2 Å². The van der Waals surface area contributed by atoms with Crippen molar-refractivity contribution >= 4 is 16.9 Å². The van der Waals surface area contributed by atoms with Gasteiger partial charge >= 0.3 is 0 Å². The summed E-state index contributed by atoms with van der Waals surface area (Å²) in [6.07, 6.45) is 5.35. The molecule has 1 heterocycles. The average Bonchev–Trinajstić information content (AvgIpc) is 2.64. The molecule has 4 rings (SSSR count). The van der Waals surface area contributed by atoms with Crippen molar-refractivity contribution < 1.29 is 5.11 Å². The molecule has 0 spiro atoms. The zero-order valence-corrected chi connectivity index (χ0v) is 13.5. The van der Waals surface area contributed by atoms with E-state index in [-0.39, 0.29) is 6.10 Å². The topological polar surface area (TPSA) is 58.0 Å². The van der Waals surface area contributed by atoms with Crippen LogP contribution < -0.4 is 5.32 Å².